The Morgan fingerprint density at radius 1 is 1.06 bits per heavy atom. The fourth-order valence-corrected chi connectivity index (χ4v) is 2.54. The summed E-state index contributed by atoms with van der Waals surface area (Å²) >= 11 is 0. The van der Waals surface area contributed by atoms with Crippen molar-refractivity contribution < 1.29 is 0 Å². The highest BCUT2D eigenvalue weighted by atomic mass is 15.3. The second kappa shape index (κ2) is 6.88. The van der Waals surface area contributed by atoms with E-state index >= 15 is 0 Å². The summed E-state index contributed by atoms with van der Waals surface area (Å²) in [6.07, 6.45) is 0. The van der Waals surface area contributed by atoms with E-state index in [0.717, 1.165) is 19.0 Å². The van der Waals surface area contributed by atoms with Crippen LogP contribution in [0.4, 0.5) is 0 Å². The van der Waals surface area contributed by atoms with Gasteiger partial charge in [-0.1, -0.05) is 34.6 Å². The van der Waals surface area contributed by atoms with E-state index in [9.17, 15) is 0 Å². The van der Waals surface area contributed by atoms with Crippen molar-refractivity contribution in [2.75, 3.05) is 46.3 Å². The molecule has 1 heterocycles. The molecule has 1 saturated heterocycles. The molecule has 1 unspecified atom stereocenters. The van der Waals surface area contributed by atoms with Crippen LogP contribution in [-0.2, 0) is 0 Å². The first-order chi connectivity index (χ1) is 8.29. The summed E-state index contributed by atoms with van der Waals surface area (Å²) in [7, 11) is 2.22. The zero-order valence-corrected chi connectivity index (χ0v) is 13.3. The summed E-state index contributed by atoms with van der Waals surface area (Å²) in [6, 6.07) is 0.682. The molecular formula is C15H33N3. The highest BCUT2D eigenvalue weighted by Gasteiger charge is 2.24. The van der Waals surface area contributed by atoms with Crippen LogP contribution in [0.3, 0.4) is 0 Å². The Bertz CT molecular complexity index is 224. The number of rotatable bonds is 5. The molecule has 0 aromatic carbocycles. The largest absolute Gasteiger partial charge is 0.315 e. The van der Waals surface area contributed by atoms with Crippen LogP contribution in [0.2, 0.25) is 0 Å². The van der Waals surface area contributed by atoms with Gasteiger partial charge in [-0.15, -0.1) is 0 Å². The summed E-state index contributed by atoms with van der Waals surface area (Å²) in [6.45, 7) is 18.7. The molecule has 0 aromatic heterocycles. The Hall–Kier alpha value is -0.120. The van der Waals surface area contributed by atoms with Crippen LogP contribution in [0.25, 0.3) is 0 Å². The Morgan fingerprint density at radius 3 is 2.06 bits per heavy atom. The maximum atomic E-state index is 3.66. The lowest BCUT2D eigenvalue weighted by Crippen LogP contribution is -2.54. The van der Waals surface area contributed by atoms with Gasteiger partial charge >= 0.3 is 0 Å². The minimum absolute atomic E-state index is 0.379. The van der Waals surface area contributed by atoms with Crippen LogP contribution in [0, 0.1) is 11.3 Å². The molecule has 1 atom stereocenters. The number of likely N-dealkylation sites (N-methyl/N-ethyl adjacent to an activating group) is 1. The van der Waals surface area contributed by atoms with E-state index in [1.807, 2.05) is 0 Å². The highest BCUT2D eigenvalue weighted by Crippen LogP contribution is 2.14. The quantitative estimate of drug-likeness (QED) is 0.809. The molecule has 1 N–H and O–H groups in total. The number of nitrogens with zero attached hydrogens (tertiary/aromatic N) is 2. The van der Waals surface area contributed by atoms with Gasteiger partial charge in [-0.3, -0.25) is 4.90 Å². The van der Waals surface area contributed by atoms with Gasteiger partial charge in [-0.05, 0) is 18.4 Å². The van der Waals surface area contributed by atoms with Crippen molar-refractivity contribution in [1.29, 1.82) is 0 Å². The van der Waals surface area contributed by atoms with Crippen molar-refractivity contribution in [2.24, 2.45) is 11.3 Å². The van der Waals surface area contributed by atoms with Gasteiger partial charge in [0.2, 0.25) is 0 Å². The molecule has 18 heavy (non-hydrogen) atoms. The first-order valence-electron chi connectivity index (χ1n) is 7.43. The van der Waals surface area contributed by atoms with E-state index < -0.39 is 0 Å². The number of piperazine rings is 1. The Kier molecular flexibility index (Phi) is 6.09. The SMILES string of the molecule is CC(C)C(CNCC(C)(C)C)N1CCN(C)CC1. The fourth-order valence-electron chi connectivity index (χ4n) is 2.54. The van der Waals surface area contributed by atoms with E-state index in [4.69, 9.17) is 0 Å². The van der Waals surface area contributed by atoms with E-state index in [1.165, 1.54) is 26.2 Å². The number of hydrogen-bond acceptors (Lipinski definition) is 3. The summed E-state index contributed by atoms with van der Waals surface area (Å²) in [5.74, 6) is 0.723. The molecule has 3 nitrogen and oxygen atoms in total. The zero-order valence-electron chi connectivity index (χ0n) is 13.3. The molecule has 1 rings (SSSR count). The van der Waals surface area contributed by atoms with Crippen LogP contribution in [0.5, 0.6) is 0 Å². The maximum absolute atomic E-state index is 3.66. The first-order valence-corrected chi connectivity index (χ1v) is 7.43. The molecule has 0 amide bonds. The average molecular weight is 255 g/mol. The second-order valence-electron chi connectivity index (χ2n) is 7.34. The molecule has 108 valence electrons. The lowest BCUT2D eigenvalue weighted by atomic mass is 9.96. The third kappa shape index (κ3) is 5.68. The van der Waals surface area contributed by atoms with Crippen molar-refractivity contribution in [2.45, 2.75) is 40.7 Å². The van der Waals surface area contributed by atoms with Gasteiger partial charge in [0.15, 0.2) is 0 Å². The predicted molar refractivity (Wildman–Crippen MR) is 80.0 cm³/mol. The van der Waals surface area contributed by atoms with Crippen LogP contribution in [0.1, 0.15) is 34.6 Å². The van der Waals surface area contributed by atoms with Crippen molar-refractivity contribution in [1.82, 2.24) is 15.1 Å². The Balaban J connectivity index is 2.40. The third-order valence-corrected chi connectivity index (χ3v) is 3.79. The highest BCUT2D eigenvalue weighted by molar-refractivity contribution is 4.82. The standard InChI is InChI=1S/C15H33N3/c1-13(2)14(11-16-12-15(3,4)5)18-9-7-17(6)8-10-18/h13-14,16H,7-12H2,1-6H3. The van der Waals surface area contributed by atoms with Gasteiger partial charge in [0.25, 0.3) is 0 Å². The molecular weight excluding hydrogens is 222 g/mol. The van der Waals surface area contributed by atoms with Crippen molar-refractivity contribution >= 4 is 0 Å². The summed E-state index contributed by atoms with van der Waals surface area (Å²) in [5, 5.41) is 3.66. The molecule has 1 fully saturated rings. The zero-order chi connectivity index (χ0) is 13.8. The van der Waals surface area contributed by atoms with Crippen molar-refractivity contribution in [3.8, 4) is 0 Å². The topological polar surface area (TPSA) is 18.5 Å². The summed E-state index contributed by atoms with van der Waals surface area (Å²) < 4.78 is 0. The van der Waals surface area contributed by atoms with Gasteiger partial charge < -0.3 is 10.2 Å². The summed E-state index contributed by atoms with van der Waals surface area (Å²) in [5.41, 5.74) is 0.379. The molecule has 0 aromatic rings. The lowest BCUT2D eigenvalue weighted by Gasteiger charge is -2.40. The molecule has 3 heteroatoms. The van der Waals surface area contributed by atoms with Crippen LogP contribution in [0.15, 0.2) is 0 Å². The van der Waals surface area contributed by atoms with Gasteiger partial charge in [0.05, 0.1) is 0 Å². The van der Waals surface area contributed by atoms with E-state index in [1.54, 1.807) is 0 Å². The molecule has 0 radical (unpaired) electrons. The Labute approximate surface area is 114 Å². The van der Waals surface area contributed by atoms with Gasteiger partial charge in [-0.25, -0.2) is 0 Å². The van der Waals surface area contributed by atoms with E-state index in [-0.39, 0.29) is 0 Å². The normalized spacial score (nSPS) is 21.5. The predicted octanol–water partition coefficient (Wildman–Crippen LogP) is 1.89. The third-order valence-electron chi connectivity index (χ3n) is 3.79. The molecule has 1 aliphatic heterocycles. The van der Waals surface area contributed by atoms with E-state index in [0.29, 0.717) is 11.5 Å². The van der Waals surface area contributed by atoms with Crippen molar-refractivity contribution in [3.05, 3.63) is 0 Å². The molecule has 1 aliphatic rings. The number of hydrogen-bond donors (Lipinski definition) is 1. The summed E-state index contributed by atoms with van der Waals surface area (Å²) in [4.78, 5) is 5.09. The van der Waals surface area contributed by atoms with E-state index in [2.05, 4.69) is 56.8 Å². The molecule has 0 aliphatic carbocycles. The smallest absolute Gasteiger partial charge is 0.0244 e. The molecule has 0 spiro atoms. The van der Waals surface area contributed by atoms with Crippen LogP contribution < -0.4 is 5.32 Å². The van der Waals surface area contributed by atoms with Crippen LogP contribution in [-0.4, -0.2) is 62.2 Å². The monoisotopic (exact) mass is 255 g/mol. The minimum Gasteiger partial charge on any atom is -0.315 e. The second-order valence-corrected chi connectivity index (χ2v) is 7.34. The fraction of sp³-hybridized carbons (Fsp3) is 1.00. The van der Waals surface area contributed by atoms with Gasteiger partial charge in [0.1, 0.15) is 0 Å². The molecule has 0 bridgehead atoms. The lowest BCUT2D eigenvalue weighted by molar-refractivity contribution is 0.0864. The number of nitrogens with one attached hydrogen (secondary N) is 1. The Morgan fingerprint density at radius 2 is 1.61 bits per heavy atom. The van der Waals surface area contributed by atoms with Gasteiger partial charge in [-0.2, -0.15) is 0 Å². The molecule has 0 saturated carbocycles. The maximum Gasteiger partial charge on any atom is 0.0244 e. The van der Waals surface area contributed by atoms with Crippen LogP contribution >= 0.6 is 0 Å². The van der Waals surface area contributed by atoms with Gasteiger partial charge in [0, 0.05) is 45.3 Å². The van der Waals surface area contributed by atoms with Crippen molar-refractivity contribution in [3.63, 3.8) is 0 Å². The average Bonchev–Trinajstić information content (AvgIpc) is 2.24. The first kappa shape index (κ1) is 15.9. The minimum atomic E-state index is 0.379.